The molecule has 1 aromatic carbocycles. The van der Waals surface area contributed by atoms with Gasteiger partial charge in [-0.2, -0.15) is 0 Å². The largest absolute Gasteiger partial charge is 0.507 e. The molecule has 0 saturated carbocycles. The summed E-state index contributed by atoms with van der Waals surface area (Å²) in [6.45, 7) is 0. The number of hydrogen-bond donors (Lipinski definition) is 4. The fourth-order valence-electron chi connectivity index (χ4n) is 0.517. The second kappa shape index (κ2) is 6.20. The predicted octanol–water partition coefficient (Wildman–Crippen LogP) is 0.949. The van der Waals surface area contributed by atoms with E-state index in [1.165, 1.54) is 6.07 Å². The summed E-state index contributed by atoms with van der Waals surface area (Å²) < 4.78 is 19.8. The summed E-state index contributed by atoms with van der Waals surface area (Å²) in [5.41, 5.74) is 0. The van der Waals surface area contributed by atoms with Crippen LogP contribution < -0.4 is 0 Å². The summed E-state index contributed by atoms with van der Waals surface area (Å²) in [6.07, 6.45) is 0. The minimum atomic E-state index is -4.64. The van der Waals surface area contributed by atoms with Crippen LogP contribution in [-0.4, -0.2) is 19.8 Å². The number of phosphoric acid groups is 1. The molecule has 0 amide bonds. The zero-order valence-electron chi connectivity index (χ0n) is 6.74. The van der Waals surface area contributed by atoms with E-state index in [1.54, 1.807) is 18.2 Å². The van der Waals surface area contributed by atoms with Gasteiger partial charge in [-0.25, -0.2) is 4.57 Å². The zero-order valence-corrected chi connectivity index (χ0v) is 9.79. The first-order valence-electron chi connectivity index (χ1n) is 3.18. The van der Waals surface area contributed by atoms with Crippen molar-refractivity contribution in [1.29, 1.82) is 0 Å². The van der Waals surface area contributed by atoms with E-state index >= 15 is 0 Å². The highest BCUT2D eigenvalue weighted by Crippen LogP contribution is 2.25. The Balaban J connectivity index is 0.000000292. The number of benzene rings is 1. The number of halogens is 1. The molecular formula is C6H8IO6P. The van der Waals surface area contributed by atoms with Crippen LogP contribution in [0.2, 0.25) is 0 Å². The normalized spacial score (nSPS) is 10.2. The van der Waals surface area contributed by atoms with Crippen LogP contribution in [0.4, 0.5) is 0 Å². The molecule has 0 aromatic heterocycles. The molecule has 0 radical (unpaired) electrons. The fourth-order valence-corrected chi connectivity index (χ4v) is 1.28. The van der Waals surface area contributed by atoms with Gasteiger partial charge in [-0.05, 0) is 12.1 Å². The molecule has 0 spiro atoms. The summed E-state index contributed by atoms with van der Waals surface area (Å²) in [5.74, 6) is 0.139. The van der Waals surface area contributed by atoms with Crippen LogP contribution in [0.5, 0.6) is 5.75 Å². The lowest BCUT2D eigenvalue weighted by molar-refractivity contribution is 0.275. The maximum atomic E-state index is 10.3. The van der Waals surface area contributed by atoms with Crippen molar-refractivity contribution in [2.75, 3.05) is 0 Å². The van der Waals surface area contributed by atoms with Gasteiger partial charge in [0.25, 0.3) is 0 Å². The van der Waals surface area contributed by atoms with Gasteiger partial charge in [-0.15, -0.1) is 0 Å². The van der Waals surface area contributed by atoms with E-state index in [0.717, 1.165) is 0 Å². The SMILES string of the molecule is O=Ic1ccccc1O.O=P(O)(O)O. The van der Waals surface area contributed by atoms with E-state index in [2.05, 4.69) is 0 Å². The molecule has 6 nitrogen and oxygen atoms in total. The fraction of sp³-hybridized carbons (Fsp3) is 0. The molecule has 8 heteroatoms. The van der Waals surface area contributed by atoms with Gasteiger partial charge in [0.05, 0.1) is 3.57 Å². The molecule has 1 aromatic rings. The van der Waals surface area contributed by atoms with Crippen molar-refractivity contribution in [3.8, 4) is 5.75 Å². The topological polar surface area (TPSA) is 115 Å². The Hall–Kier alpha value is -0.340. The average Bonchev–Trinajstić information content (AvgIpc) is 2.02. The number of phenols is 1. The molecule has 0 atom stereocenters. The quantitative estimate of drug-likeness (QED) is 0.449. The maximum absolute atomic E-state index is 10.3. The third kappa shape index (κ3) is 8.27. The van der Waals surface area contributed by atoms with Gasteiger partial charge in [-0.3, -0.25) is 3.07 Å². The summed E-state index contributed by atoms with van der Waals surface area (Å²) >= 11 is -1.21. The number of hydrogen-bond acceptors (Lipinski definition) is 3. The van der Waals surface area contributed by atoms with Gasteiger partial charge in [0.2, 0.25) is 0 Å². The molecule has 0 aliphatic rings. The highest BCUT2D eigenvalue weighted by Gasteiger charge is 2.00. The smallest absolute Gasteiger partial charge is 0.466 e. The molecule has 80 valence electrons. The van der Waals surface area contributed by atoms with E-state index in [0.29, 0.717) is 3.57 Å². The first kappa shape index (κ1) is 13.7. The average molecular weight is 334 g/mol. The molecule has 0 saturated heterocycles. The monoisotopic (exact) mass is 334 g/mol. The lowest BCUT2D eigenvalue weighted by Gasteiger charge is -1.90. The Morgan fingerprint density at radius 3 is 1.86 bits per heavy atom. The standard InChI is InChI=1S/C6H5IO2.H3O4P/c8-6-4-2-1-3-5(6)7-9;1-5(2,3)4/h1-4,8H;(H3,1,2,3,4). The van der Waals surface area contributed by atoms with Crippen molar-refractivity contribution in [2.24, 2.45) is 0 Å². The Labute approximate surface area is 90.1 Å². The second-order valence-corrected chi connectivity index (χ2v) is 4.67. The van der Waals surface area contributed by atoms with E-state index in [-0.39, 0.29) is 5.75 Å². The molecule has 14 heavy (non-hydrogen) atoms. The molecule has 0 aliphatic carbocycles. The molecule has 0 heterocycles. The lowest BCUT2D eigenvalue weighted by atomic mass is 10.3. The van der Waals surface area contributed by atoms with E-state index < -0.39 is 29.0 Å². The molecular weight excluding hydrogens is 326 g/mol. The second-order valence-electron chi connectivity index (χ2n) is 2.04. The third-order valence-corrected chi connectivity index (χ3v) is 2.32. The van der Waals surface area contributed by atoms with Crippen molar-refractivity contribution in [1.82, 2.24) is 0 Å². The van der Waals surface area contributed by atoms with E-state index in [1.807, 2.05) is 0 Å². The van der Waals surface area contributed by atoms with E-state index in [9.17, 15) is 3.07 Å². The van der Waals surface area contributed by atoms with Crippen LogP contribution in [0.3, 0.4) is 0 Å². The first-order valence-corrected chi connectivity index (χ1v) is 6.70. The van der Waals surface area contributed by atoms with Crippen molar-refractivity contribution in [3.63, 3.8) is 0 Å². The van der Waals surface area contributed by atoms with Gasteiger partial charge in [0, 0.05) is 0 Å². The van der Waals surface area contributed by atoms with Crippen molar-refractivity contribution < 1.29 is 27.4 Å². The van der Waals surface area contributed by atoms with Gasteiger partial charge >= 0.3 is 7.82 Å². The van der Waals surface area contributed by atoms with Gasteiger partial charge in [0.1, 0.15) is 5.75 Å². The number of rotatable bonds is 1. The van der Waals surface area contributed by atoms with E-state index in [4.69, 9.17) is 24.4 Å². The maximum Gasteiger partial charge on any atom is 0.466 e. The van der Waals surface area contributed by atoms with Gasteiger partial charge in [0.15, 0.2) is 21.2 Å². The predicted molar refractivity (Wildman–Crippen MR) is 55.8 cm³/mol. The lowest BCUT2D eigenvalue weighted by Crippen LogP contribution is -1.69. The number of aromatic hydroxyl groups is 1. The summed E-state index contributed by atoms with van der Waals surface area (Å²) in [7, 11) is -4.64. The molecule has 0 aliphatic heterocycles. The molecule has 0 fully saturated rings. The van der Waals surface area contributed by atoms with Crippen LogP contribution >= 0.6 is 29.0 Å². The van der Waals surface area contributed by atoms with Gasteiger partial charge < -0.3 is 19.8 Å². The van der Waals surface area contributed by atoms with Crippen molar-refractivity contribution >= 4 is 29.0 Å². The third-order valence-electron chi connectivity index (χ3n) is 0.936. The van der Waals surface area contributed by atoms with Crippen LogP contribution in [-0.2, 0) is 7.63 Å². The summed E-state index contributed by atoms with van der Waals surface area (Å²) in [6, 6.07) is 6.66. The summed E-state index contributed by atoms with van der Waals surface area (Å²) in [5, 5.41) is 8.94. The van der Waals surface area contributed by atoms with Crippen LogP contribution in [0.25, 0.3) is 0 Å². The molecule has 0 bridgehead atoms. The molecule has 0 unspecified atom stereocenters. The minimum absolute atomic E-state index is 0.139. The Bertz CT molecular complexity index is 340. The highest BCUT2D eigenvalue weighted by atomic mass is 127. The minimum Gasteiger partial charge on any atom is -0.507 e. The summed E-state index contributed by atoms with van der Waals surface area (Å²) in [4.78, 5) is 21.6. The first-order chi connectivity index (χ1) is 6.34. The van der Waals surface area contributed by atoms with Crippen LogP contribution in [0, 0.1) is 3.57 Å². The van der Waals surface area contributed by atoms with Crippen LogP contribution in [0.1, 0.15) is 0 Å². The Morgan fingerprint density at radius 1 is 1.14 bits per heavy atom. The number of para-hydroxylation sites is 1. The molecule has 1 rings (SSSR count). The van der Waals surface area contributed by atoms with Gasteiger partial charge in [-0.1, -0.05) is 12.1 Å². The van der Waals surface area contributed by atoms with Crippen LogP contribution in [0.15, 0.2) is 24.3 Å². The molecule has 4 N–H and O–H groups in total. The number of phenolic OH excluding ortho intramolecular Hbond substituents is 1. The zero-order chi connectivity index (χ0) is 11.2. The highest BCUT2D eigenvalue weighted by molar-refractivity contribution is 14.1. The van der Waals surface area contributed by atoms with Crippen molar-refractivity contribution in [3.05, 3.63) is 27.8 Å². The van der Waals surface area contributed by atoms with Crippen molar-refractivity contribution in [2.45, 2.75) is 0 Å². The Kier molecular flexibility index (Phi) is 6.05. The Morgan fingerprint density at radius 2 is 1.57 bits per heavy atom.